The van der Waals surface area contributed by atoms with E-state index in [0.717, 1.165) is 0 Å². The van der Waals surface area contributed by atoms with Gasteiger partial charge in [0.05, 0.1) is 11.6 Å². The van der Waals surface area contributed by atoms with Gasteiger partial charge in [0.25, 0.3) is 0 Å². The van der Waals surface area contributed by atoms with Crippen molar-refractivity contribution in [3.05, 3.63) is 34.3 Å². The van der Waals surface area contributed by atoms with Gasteiger partial charge in [-0.05, 0) is 12.1 Å². The summed E-state index contributed by atoms with van der Waals surface area (Å²) in [6, 6.07) is 6.75. The molecule has 0 amide bonds. The van der Waals surface area contributed by atoms with Gasteiger partial charge in [0.1, 0.15) is 0 Å². The van der Waals surface area contributed by atoms with Gasteiger partial charge in [0.15, 0.2) is 0 Å². The molecule has 3 nitrogen and oxygen atoms in total. The number of halogens is 1. The van der Waals surface area contributed by atoms with Crippen molar-refractivity contribution in [3.8, 4) is 6.07 Å². The first-order chi connectivity index (χ1) is 6.20. The fourth-order valence-corrected chi connectivity index (χ4v) is 1.44. The zero-order chi connectivity index (χ0) is 9.84. The lowest BCUT2D eigenvalue weighted by Crippen LogP contribution is -2.22. The topological polar surface area (TPSA) is 75.8 Å². The molecule has 0 heterocycles. The summed E-state index contributed by atoms with van der Waals surface area (Å²) in [5.74, 6) is 0. The molecule has 0 aliphatic rings. The number of rotatable bonds is 2. The molecule has 4 N–H and O–H groups in total. The van der Waals surface area contributed by atoms with Crippen LogP contribution >= 0.6 is 11.6 Å². The van der Waals surface area contributed by atoms with Crippen molar-refractivity contribution >= 4 is 11.6 Å². The van der Waals surface area contributed by atoms with Crippen molar-refractivity contribution in [1.29, 1.82) is 5.26 Å². The number of nitrogens with zero attached hydrogens (tertiary/aromatic N) is 1. The summed E-state index contributed by atoms with van der Waals surface area (Å²) in [5, 5.41) is 9.28. The molecule has 0 aliphatic heterocycles. The second kappa shape index (κ2) is 4.24. The van der Waals surface area contributed by atoms with Crippen LogP contribution in [0.4, 0.5) is 0 Å². The van der Waals surface area contributed by atoms with Crippen molar-refractivity contribution in [2.24, 2.45) is 11.5 Å². The molecule has 0 fully saturated rings. The molecule has 0 spiro atoms. The monoisotopic (exact) mass is 195 g/mol. The van der Waals surface area contributed by atoms with Crippen LogP contribution in [0.15, 0.2) is 18.2 Å². The minimum absolute atomic E-state index is 0.276. The lowest BCUT2D eigenvalue weighted by molar-refractivity contribution is 0.735. The van der Waals surface area contributed by atoms with E-state index < -0.39 is 0 Å². The van der Waals surface area contributed by atoms with Gasteiger partial charge >= 0.3 is 0 Å². The average Bonchev–Trinajstić information content (AvgIpc) is 2.16. The SMILES string of the molecule is N#Cc1cccc(Cl)c1[C@H](N)CN. The van der Waals surface area contributed by atoms with Gasteiger partial charge in [-0.2, -0.15) is 5.26 Å². The Kier molecular flexibility index (Phi) is 3.26. The molecule has 0 aliphatic carbocycles. The molecule has 68 valence electrons. The van der Waals surface area contributed by atoms with Crippen LogP contribution in [0.2, 0.25) is 5.02 Å². The van der Waals surface area contributed by atoms with Crippen LogP contribution in [-0.2, 0) is 0 Å². The molecule has 13 heavy (non-hydrogen) atoms. The molecule has 1 atom stereocenters. The minimum Gasteiger partial charge on any atom is -0.329 e. The highest BCUT2D eigenvalue weighted by Gasteiger charge is 2.12. The van der Waals surface area contributed by atoms with Crippen LogP contribution in [0.5, 0.6) is 0 Å². The van der Waals surface area contributed by atoms with E-state index in [9.17, 15) is 0 Å². The van der Waals surface area contributed by atoms with Gasteiger partial charge in [0, 0.05) is 23.2 Å². The Morgan fingerprint density at radius 2 is 2.23 bits per heavy atom. The fraction of sp³-hybridized carbons (Fsp3) is 0.222. The molecular weight excluding hydrogens is 186 g/mol. The van der Waals surface area contributed by atoms with Gasteiger partial charge in [0.2, 0.25) is 0 Å². The third-order valence-electron chi connectivity index (χ3n) is 1.80. The molecule has 0 unspecified atom stereocenters. The lowest BCUT2D eigenvalue weighted by Gasteiger charge is -2.12. The summed E-state index contributed by atoms with van der Waals surface area (Å²) >= 11 is 5.90. The Morgan fingerprint density at radius 1 is 1.54 bits per heavy atom. The summed E-state index contributed by atoms with van der Waals surface area (Å²) < 4.78 is 0. The van der Waals surface area contributed by atoms with Crippen LogP contribution in [0.25, 0.3) is 0 Å². The fourth-order valence-electron chi connectivity index (χ4n) is 1.13. The second-order valence-corrected chi connectivity index (χ2v) is 3.06. The first kappa shape index (κ1) is 10.0. The standard InChI is InChI=1S/C9H10ClN3/c10-7-3-1-2-6(4-11)9(7)8(13)5-12/h1-3,8H,5,12-13H2/t8-/m1/s1. The molecule has 0 saturated heterocycles. The number of benzene rings is 1. The Bertz CT molecular complexity index is 343. The smallest absolute Gasteiger partial charge is 0.0995 e. The Hall–Kier alpha value is -1.08. The highest BCUT2D eigenvalue weighted by Crippen LogP contribution is 2.24. The summed E-state index contributed by atoms with van der Waals surface area (Å²) in [5.41, 5.74) is 12.2. The molecule has 0 bridgehead atoms. The predicted molar refractivity (Wildman–Crippen MR) is 52.1 cm³/mol. The first-order valence-electron chi connectivity index (χ1n) is 3.85. The lowest BCUT2D eigenvalue weighted by atomic mass is 10.0. The van der Waals surface area contributed by atoms with Crippen molar-refractivity contribution in [2.45, 2.75) is 6.04 Å². The Balaban J connectivity index is 3.24. The maximum atomic E-state index is 8.78. The summed E-state index contributed by atoms with van der Waals surface area (Å²) in [6.45, 7) is 0.276. The van der Waals surface area contributed by atoms with Crippen LogP contribution in [0.1, 0.15) is 17.2 Å². The number of hydrogen-bond donors (Lipinski definition) is 2. The third-order valence-corrected chi connectivity index (χ3v) is 2.13. The Morgan fingerprint density at radius 3 is 2.77 bits per heavy atom. The number of nitrogens with two attached hydrogens (primary N) is 2. The Labute approximate surface area is 81.9 Å². The van der Waals surface area contributed by atoms with Crippen LogP contribution in [-0.4, -0.2) is 6.54 Å². The molecule has 4 heteroatoms. The molecule has 0 radical (unpaired) electrons. The van der Waals surface area contributed by atoms with Crippen molar-refractivity contribution in [2.75, 3.05) is 6.54 Å². The van der Waals surface area contributed by atoms with E-state index in [1.807, 2.05) is 6.07 Å². The van der Waals surface area contributed by atoms with E-state index >= 15 is 0 Å². The van der Waals surface area contributed by atoms with Crippen LogP contribution < -0.4 is 11.5 Å². The number of nitriles is 1. The molecule has 1 aromatic rings. The second-order valence-electron chi connectivity index (χ2n) is 2.66. The van der Waals surface area contributed by atoms with Gasteiger partial charge < -0.3 is 11.5 Å². The van der Waals surface area contributed by atoms with Crippen molar-refractivity contribution in [1.82, 2.24) is 0 Å². The molecule has 0 aromatic heterocycles. The highest BCUT2D eigenvalue weighted by molar-refractivity contribution is 6.31. The average molecular weight is 196 g/mol. The van der Waals surface area contributed by atoms with Gasteiger partial charge in [-0.1, -0.05) is 17.7 Å². The van der Waals surface area contributed by atoms with E-state index in [-0.39, 0.29) is 12.6 Å². The molecule has 1 rings (SSSR count). The molecule has 1 aromatic carbocycles. The van der Waals surface area contributed by atoms with Crippen LogP contribution in [0.3, 0.4) is 0 Å². The minimum atomic E-state index is -0.372. The quantitative estimate of drug-likeness (QED) is 0.744. The van der Waals surface area contributed by atoms with Crippen LogP contribution in [0, 0.1) is 11.3 Å². The van der Waals surface area contributed by atoms with E-state index in [1.54, 1.807) is 18.2 Å². The van der Waals surface area contributed by atoms with Gasteiger partial charge in [-0.3, -0.25) is 0 Å². The zero-order valence-electron chi connectivity index (χ0n) is 7.00. The maximum Gasteiger partial charge on any atom is 0.0995 e. The zero-order valence-corrected chi connectivity index (χ0v) is 7.75. The van der Waals surface area contributed by atoms with Crippen molar-refractivity contribution in [3.63, 3.8) is 0 Å². The van der Waals surface area contributed by atoms with E-state index in [4.69, 9.17) is 28.3 Å². The molecule has 0 saturated carbocycles. The van der Waals surface area contributed by atoms with E-state index in [1.165, 1.54) is 0 Å². The molecular formula is C9H10ClN3. The number of hydrogen-bond acceptors (Lipinski definition) is 3. The largest absolute Gasteiger partial charge is 0.329 e. The van der Waals surface area contributed by atoms with Crippen molar-refractivity contribution < 1.29 is 0 Å². The summed E-state index contributed by atoms with van der Waals surface area (Å²) in [7, 11) is 0. The highest BCUT2D eigenvalue weighted by atomic mass is 35.5. The van der Waals surface area contributed by atoms with E-state index in [2.05, 4.69) is 0 Å². The third kappa shape index (κ3) is 1.99. The predicted octanol–water partition coefficient (Wildman–Crippen LogP) is 1.17. The van der Waals surface area contributed by atoms with E-state index in [0.29, 0.717) is 16.1 Å². The first-order valence-corrected chi connectivity index (χ1v) is 4.22. The van der Waals surface area contributed by atoms with Gasteiger partial charge in [-0.25, -0.2) is 0 Å². The van der Waals surface area contributed by atoms with Gasteiger partial charge in [-0.15, -0.1) is 0 Å². The maximum absolute atomic E-state index is 8.78. The normalized spacial score (nSPS) is 12.2. The summed E-state index contributed by atoms with van der Waals surface area (Å²) in [4.78, 5) is 0. The summed E-state index contributed by atoms with van der Waals surface area (Å²) in [6.07, 6.45) is 0.